The molecule has 0 aliphatic rings. The highest BCUT2D eigenvalue weighted by Crippen LogP contribution is 2.33. The first-order chi connectivity index (χ1) is 6.82. The van der Waals surface area contributed by atoms with Crippen LogP contribution in [0.1, 0.15) is 28.9 Å². The summed E-state index contributed by atoms with van der Waals surface area (Å²) in [6.45, 7) is 1.01. The molecule has 82 valence electrons. The highest BCUT2D eigenvalue weighted by Gasteiger charge is 2.37. The molecule has 1 heterocycles. The van der Waals surface area contributed by atoms with Crippen molar-refractivity contribution in [1.82, 2.24) is 4.98 Å². The van der Waals surface area contributed by atoms with Crippen LogP contribution in [0.25, 0.3) is 0 Å². The molecule has 0 aliphatic carbocycles. The largest absolute Gasteiger partial charge is 0.395 e. The van der Waals surface area contributed by atoms with Gasteiger partial charge in [-0.15, -0.1) is 0 Å². The molecule has 0 fully saturated rings. The van der Waals surface area contributed by atoms with Crippen LogP contribution in [0, 0.1) is 0 Å². The minimum absolute atomic E-state index is 0.0219. The maximum atomic E-state index is 12.3. The van der Waals surface area contributed by atoms with Gasteiger partial charge in [-0.2, -0.15) is 13.2 Å². The molecule has 1 rings (SSSR count). The average molecular weight is 218 g/mol. The summed E-state index contributed by atoms with van der Waals surface area (Å²) < 4.78 is 37.0. The first-order valence-corrected chi connectivity index (χ1v) is 4.15. The summed E-state index contributed by atoms with van der Waals surface area (Å²) in [5.74, 6) is -2.48. The number of hydrogen-bond donors (Lipinski definition) is 1. The van der Waals surface area contributed by atoms with Crippen molar-refractivity contribution in [1.29, 1.82) is 0 Å². The SMILES string of the molecule is C[C@H](c1ccnc(C(N)=O)c1)C(F)(F)F. The third kappa shape index (κ3) is 2.68. The molecule has 2 N–H and O–H groups in total. The Labute approximate surface area is 84.1 Å². The summed E-state index contributed by atoms with van der Waals surface area (Å²) in [7, 11) is 0. The van der Waals surface area contributed by atoms with Gasteiger partial charge in [-0.1, -0.05) is 0 Å². The Morgan fingerprint density at radius 2 is 2.13 bits per heavy atom. The normalized spacial score (nSPS) is 13.6. The zero-order valence-corrected chi connectivity index (χ0v) is 7.88. The predicted molar refractivity (Wildman–Crippen MR) is 47.2 cm³/mol. The van der Waals surface area contributed by atoms with Gasteiger partial charge < -0.3 is 5.73 Å². The van der Waals surface area contributed by atoms with Crippen LogP contribution in [-0.4, -0.2) is 17.1 Å². The lowest BCUT2D eigenvalue weighted by Gasteiger charge is -2.15. The quantitative estimate of drug-likeness (QED) is 0.823. The molecule has 1 atom stereocenters. The van der Waals surface area contributed by atoms with E-state index in [4.69, 9.17) is 5.73 Å². The number of rotatable bonds is 2. The van der Waals surface area contributed by atoms with E-state index in [1.807, 2.05) is 0 Å². The Bertz CT molecular complexity index is 376. The van der Waals surface area contributed by atoms with E-state index >= 15 is 0 Å². The fraction of sp³-hybridized carbons (Fsp3) is 0.333. The zero-order valence-electron chi connectivity index (χ0n) is 7.88. The molecule has 1 aromatic heterocycles. The number of primary amides is 1. The van der Waals surface area contributed by atoms with Crippen LogP contribution in [0.15, 0.2) is 18.3 Å². The van der Waals surface area contributed by atoms with Gasteiger partial charge in [0.15, 0.2) is 0 Å². The van der Waals surface area contributed by atoms with E-state index in [9.17, 15) is 18.0 Å². The Kier molecular flexibility index (Phi) is 2.97. The van der Waals surface area contributed by atoms with Gasteiger partial charge in [-0.05, 0) is 24.6 Å². The number of hydrogen-bond acceptors (Lipinski definition) is 2. The second kappa shape index (κ2) is 3.88. The first-order valence-electron chi connectivity index (χ1n) is 4.15. The van der Waals surface area contributed by atoms with Crippen molar-refractivity contribution in [3.8, 4) is 0 Å². The minimum atomic E-state index is -4.34. The molecule has 3 nitrogen and oxygen atoms in total. The molecule has 0 radical (unpaired) electrons. The molecule has 15 heavy (non-hydrogen) atoms. The number of pyridine rings is 1. The molecular formula is C9H9F3N2O. The molecule has 0 unspecified atom stereocenters. The molecule has 1 amide bonds. The smallest absolute Gasteiger partial charge is 0.364 e. The van der Waals surface area contributed by atoms with Crippen LogP contribution in [-0.2, 0) is 0 Å². The van der Waals surface area contributed by atoms with E-state index in [0.29, 0.717) is 0 Å². The standard InChI is InChI=1S/C9H9F3N2O/c1-5(9(10,11)12)6-2-3-14-7(4-6)8(13)15/h2-5H,1H3,(H2,13,15)/t5-/m1/s1. The van der Waals surface area contributed by atoms with E-state index in [2.05, 4.69) is 4.98 Å². The number of carbonyl (C=O) groups is 1. The number of halogens is 3. The van der Waals surface area contributed by atoms with Crippen LogP contribution in [0.4, 0.5) is 13.2 Å². The molecule has 6 heteroatoms. The topological polar surface area (TPSA) is 56.0 Å². The second-order valence-corrected chi connectivity index (χ2v) is 3.10. The van der Waals surface area contributed by atoms with Crippen LogP contribution >= 0.6 is 0 Å². The summed E-state index contributed by atoms with van der Waals surface area (Å²) in [6.07, 6.45) is -3.20. The van der Waals surface area contributed by atoms with Crippen LogP contribution in [0.5, 0.6) is 0 Å². The Hall–Kier alpha value is -1.59. The van der Waals surface area contributed by atoms with Gasteiger partial charge in [0.1, 0.15) is 5.69 Å². The zero-order chi connectivity index (χ0) is 11.6. The maximum absolute atomic E-state index is 12.3. The lowest BCUT2D eigenvalue weighted by Crippen LogP contribution is -2.19. The van der Waals surface area contributed by atoms with Crippen molar-refractivity contribution in [2.24, 2.45) is 5.73 Å². The number of alkyl halides is 3. The molecule has 0 saturated heterocycles. The van der Waals surface area contributed by atoms with Crippen molar-refractivity contribution in [2.45, 2.75) is 19.0 Å². The van der Waals surface area contributed by atoms with Gasteiger partial charge in [0, 0.05) is 6.20 Å². The van der Waals surface area contributed by atoms with Gasteiger partial charge in [0.25, 0.3) is 5.91 Å². The Morgan fingerprint density at radius 1 is 1.53 bits per heavy atom. The third-order valence-electron chi connectivity index (χ3n) is 2.03. The molecule has 0 spiro atoms. The van der Waals surface area contributed by atoms with Gasteiger partial charge in [-0.3, -0.25) is 9.78 Å². The van der Waals surface area contributed by atoms with Crippen LogP contribution in [0.2, 0.25) is 0 Å². The Morgan fingerprint density at radius 3 is 2.60 bits per heavy atom. The van der Waals surface area contributed by atoms with E-state index < -0.39 is 18.0 Å². The highest BCUT2D eigenvalue weighted by atomic mass is 19.4. The van der Waals surface area contributed by atoms with Gasteiger partial charge >= 0.3 is 6.18 Å². The fourth-order valence-corrected chi connectivity index (χ4v) is 1.04. The van der Waals surface area contributed by atoms with Crippen molar-refractivity contribution >= 4 is 5.91 Å². The van der Waals surface area contributed by atoms with Crippen LogP contribution in [0.3, 0.4) is 0 Å². The highest BCUT2D eigenvalue weighted by molar-refractivity contribution is 5.90. The van der Waals surface area contributed by atoms with Crippen molar-refractivity contribution in [2.75, 3.05) is 0 Å². The molecule has 0 bridgehead atoms. The van der Waals surface area contributed by atoms with E-state index in [1.54, 1.807) is 0 Å². The van der Waals surface area contributed by atoms with E-state index in [0.717, 1.165) is 19.2 Å². The number of carbonyl (C=O) groups excluding carboxylic acids is 1. The lowest BCUT2D eigenvalue weighted by atomic mass is 10.0. The Balaban J connectivity index is 3.06. The fourth-order valence-electron chi connectivity index (χ4n) is 1.04. The van der Waals surface area contributed by atoms with Gasteiger partial charge in [0.05, 0.1) is 5.92 Å². The summed E-state index contributed by atoms with van der Waals surface area (Å²) in [6, 6.07) is 2.27. The summed E-state index contributed by atoms with van der Waals surface area (Å²) in [5.41, 5.74) is 4.72. The molecule has 0 aromatic carbocycles. The molecule has 0 saturated carbocycles. The summed E-state index contributed by atoms with van der Waals surface area (Å²) in [4.78, 5) is 14.3. The predicted octanol–water partition coefficient (Wildman–Crippen LogP) is 1.85. The number of nitrogens with two attached hydrogens (primary N) is 1. The number of aromatic nitrogens is 1. The first kappa shape index (κ1) is 11.5. The average Bonchev–Trinajstić information content (AvgIpc) is 2.15. The van der Waals surface area contributed by atoms with Crippen LogP contribution < -0.4 is 5.73 Å². The van der Waals surface area contributed by atoms with E-state index in [-0.39, 0.29) is 11.3 Å². The van der Waals surface area contributed by atoms with Gasteiger partial charge in [0.2, 0.25) is 0 Å². The van der Waals surface area contributed by atoms with E-state index in [1.165, 1.54) is 6.07 Å². The monoisotopic (exact) mass is 218 g/mol. The maximum Gasteiger partial charge on any atom is 0.395 e. The summed E-state index contributed by atoms with van der Waals surface area (Å²) >= 11 is 0. The summed E-state index contributed by atoms with van der Waals surface area (Å²) in [5, 5.41) is 0. The number of nitrogens with zero attached hydrogens (tertiary/aromatic N) is 1. The van der Waals surface area contributed by atoms with Crippen molar-refractivity contribution in [3.05, 3.63) is 29.6 Å². The second-order valence-electron chi connectivity index (χ2n) is 3.10. The molecule has 0 aliphatic heterocycles. The third-order valence-corrected chi connectivity index (χ3v) is 2.03. The molecule has 1 aromatic rings. The van der Waals surface area contributed by atoms with Gasteiger partial charge in [-0.25, -0.2) is 0 Å². The minimum Gasteiger partial charge on any atom is -0.364 e. The van der Waals surface area contributed by atoms with Crippen molar-refractivity contribution in [3.63, 3.8) is 0 Å². The molecular weight excluding hydrogens is 209 g/mol. The van der Waals surface area contributed by atoms with Crippen molar-refractivity contribution < 1.29 is 18.0 Å². The number of amides is 1. The lowest BCUT2D eigenvalue weighted by molar-refractivity contribution is -0.146.